The fraction of sp³-hybridized carbons (Fsp3) is 0.846. The molecule has 0 spiro atoms. The number of rotatable bonds is 2. The van der Waals surface area contributed by atoms with Crippen molar-refractivity contribution in [3.8, 4) is 0 Å². The van der Waals surface area contributed by atoms with Gasteiger partial charge in [0.1, 0.15) is 11.6 Å². The number of likely N-dealkylation sites (tertiary alicyclic amines) is 1. The Morgan fingerprint density at radius 1 is 1.29 bits per heavy atom. The van der Waals surface area contributed by atoms with E-state index in [0.29, 0.717) is 12.0 Å². The molecule has 4 heteroatoms. The summed E-state index contributed by atoms with van der Waals surface area (Å²) >= 11 is 0. The van der Waals surface area contributed by atoms with Crippen molar-refractivity contribution in [3.63, 3.8) is 0 Å². The first-order valence-electron chi connectivity index (χ1n) is 6.95. The van der Waals surface area contributed by atoms with E-state index < -0.39 is 0 Å². The van der Waals surface area contributed by atoms with Gasteiger partial charge in [-0.3, -0.25) is 0 Å². The van der Waals surface area contributed by atoms with E-state index in [1.54, 1.807) is 0 Å². The highest BCUT2D eigenvalue weighted by atomic mass is 15.3. The average molecular weight is 234 g/mol. The molecule has 1 aromatic heterocycles. The largest absolute Gasteiger partial charge is 0.312 e. The normalized spacial score (nSPS) is 29.5. The van der Waals surface area contributed by atoms with E-state index in [0.717, 1.165) is 13.0 Å². The van der Waals surface area contributed by atoms with Crippen LogP contribution in [0.2, 0.25) is 0 Å². The van der Waals surface area contributed by atoms with Gasteiger partial charge in [-0.05, 0) is 39.3 Å². The lowest BCUT2D eigenvalue weighted by atomic mass is 10.0. The van der Waals surface area contributed by atoms with Crippen LogP contribution in [0, 0.1) is 0 Å². The quantitative estimate of drug-likeness (QED) is 0.784. The molecule has 2 atom stereocenters. The van der Waals surface area contributed by atoms with Crippen LogP contribution in [-0.2, 0) is 6.42 Å². The Bertz CT molecular complexity index is 398. The van der Waals surface area contributed by atoms with E-state index in [1.165, 1.54) is 44.0 Å². The first-order chi connectivity index (χ1) is 8.29. The van der Waals surface area contributed by atoms with Gasteiger partial charge in [0.2, 0.25) is 0 Å². The summed E-state index contributed by atoms with van der Waals surface area (Å²) < 4.78 is 2.42. The van der Waals surface area contributed by atoms with Gasteiger partial charge in [-0.25, -0.2) is 0 Å². The molecule has 3 heterocycles. The summed E-state index contributed by atoms with van der Waals surface area (Å²) in [6, 6.07) is 0.597. The summed E-state index contributed by atoms with van der Waals surface area (Å²) in [5.41, 5.74) is 0. The third kappa shape index (κ3) is 1.88. The second kappa shape index (κ2) is 4.41. The van der Waals surface area contributed by atoms with Crippen molar-refractivity contribution in [1.29, 1.82) is 0 Å². The lowest BCUT2D eigenvalue weighted by Gasteiger charge is -2.24. The zero-order valence-electron chi connectivity index (χ0n) is 10.9. The Kier molecular flexibility index (Phi) is 2.90. The van der Waals surface area contributed by atoms with E-state index in [9.17, 15) is 0 Å². The van der Waals surface area contributed by atoms with E-state index >= 15 is 0 Å². The number of aromatic nitrogens is 3. The van der Waals surface area contributed by atoms with Gasteiger partial charge in [0.25, 0.3) is 0 Å². The molecule has 2 aliphatic heterocycles. The highest BCUT2D eigenvalue weighted by molar-refractivity contribution is 5.09. The smallest absolute Gasteiger partial charge is 0.137 e. The van der Waals surface area contributed by atoms with Crippen LogP contribution >= 0.6 is 0 Å². The van der Waals surface area contributed by atoms with Gasteiger partial charge >= 0.3 is 0 Å². The molecule has 2 aliphatic rings. The van der Waals surface area contributed by atoms with Crippen LogP contribution in [0.1, 0.15) is 56.7 Å². The molecule has 1 saturated heterocycles. The Morgan fingerprint density at radius 2 is 2.18 bits per heavy atom. The third-order valence-corrected chi connectivity index (χ3v) is 4.34. The lowest BCUT2D eigenvalue weighted by Crippen LogP contribution is -2.22. The Labute approximate surface area is 103 Å². The van der Waals surface area contributed by atoms with Crippen molar-refractivity contribution in [2.24, 2.45) is 0 Å². The second-order valence-electron chi connectivity index (χ2n) is 5.46. The van der Waals surface area contributed by atoms with Gasteiger partial charge in [-0.15, -0.1) is 10.2 Å². The number of aryl methyl sites for hydroxylation is 1. The summed E-state index contributed by atoms with van der Waals surface area (Å²) in [5, 5.41) is 8.88. The molecule has 0 aromatic carbocycles. The SMILES string of the molecule is CCN1CCC(c2nnc3n2C(C)CCC3)C1. The van der Waals surface area contributed by atoms with Crippen LogP contribution in [0.25, 0.3) is 0 Å². The average Bonchev–Trinajstić information content (AvgIpc) is 2.94. The van der Waals surface area contributed by atoms with Gasteiger partial charge in [-0.2, -0.15) is 0 Å². The maximum atomic E-state index is 4.49. The van der Waals surface area contributed by atoms with Crippen molar-refractivity contribution < 1.29 is 0 Å². The minimum atomic E-state index is 0.597. The van der Waals surface area contributed by atoms with Crippen LogP contribution in [-0.4, -0.2) is 39.3 Å². The van der Waals surface area contributed by atoms with E-state index in [2.05, 4.69) is 33.5 Å². The molecule has 1 aromatic rings. The van der Waals surface area contributed by atoms with E-state index in [-0.39, 0.29) is 0 Å². The van der Waals surface area contributed by atoms with Gasteiger partial charge in [0.15, 0.2) is 0 Å². The predicted molar refractivity (Wildman–Crippen MR) is 67.1 cm³/mol. The molecule has 17 heavy (non-hydrogen) atoms. The topological polar surface area (TPSA) is 34.0 Å². The van der Waals surface area contributed by atoms with Crippen LogP contribution in [0.4, 0.5) is 0 Å². The second-order valence-corrected chi connectivity index (χ2v) is 5.46. The Balaban J connectivity index is 1.86. The molecule has 0 saturated carbocycles. The number of nitrogens with zero attached hydrogens (tertiary/aromatic N) is 4. The zero-order chi connectivity index (χ0) is 11.8. The standard InChI is InChI=1S/C13H22N4/c1-3-16-8-7-11(9-16)13-15-14-12-6-4-5-10(2)17(12)13/h10-11H,3-9H2,1-2H3. The molecule has 0 N–H and O–H groups in total. The fourth-order valence-electron chi connectivity index (χ4n) is 3.28. The van der Waals surface area contributed by atoms with Crippen molar-refractivity contribution >= 4 is 0 Å². The maximum Gasteiger partial charge on any atom is 0.137 e. The number of fused-ring (bicyclic) bond motifs is 1. The highest BCUT2D eigenvalue weighted by Crippen LogP contribution is 2.31. The first-order valence-corrected chi connectivity index (χ1v) is 6.95. The summed E-state index contributed by atoms with van der Waals surface area (Å²) in [6.07, 6.45) is 4.91. The maximum absolute atomic E-state index is 4.49. The lowest BCUT2D eigenvalue weighted by molar-refractivity contribution is 0.347. The molecule has 94 valence electrons. The molecule has 1 fully saturated rings. The summed E-state index contributed by atoms with van der Waals surface area (Å²) in [5.74, 6) is 3.08. The van der Waals surface area contributed by atoms with Gasteiger partial charge < -0.3 is 9.47 Å². The minimum Gasteiger partial charge on any atom is -0.312 e. The highest BCUT2D eigenvalue weighted by Gasteiger charge is 2.30. The van der Waals surface area contributed by atoms with Crippen molar-refractivity contribution in [1.82, 2.24) is 19.7 Å². The molecule has 0 bridgehead atoms. The van der Waals surface area contributed by atoms with Crippen LogP contribution in [0.15, 0.2) is 0 Å². The minimum absolute atomic E-state index is 0.597. The van der Waals surface area contributed by atoms with Crippen molar-refractivity contribution in [3.05, 3.63) is 11.6 Å². The summed E-state index contributed by atoms with van der Waals surface area (Å²) in [4.78, 5) is 2.51. The first kappa shape index (κ1) is 11.2. The molecule has 3 rings (SSSR count). The Hall–Kier alpha value is -0.900. The van der Waals surface area contributed by atoms with E-state index in [1.807, 2.05) is 0 Å². The molecular formula is C13H22N4. The van der Waals surface area contributed by atoms with Gasteiger partial charge in [0.05, 0.1) is 0 Å². The van der Waals surface area contributed by atoms with E-state index in [4.69, 9.17) is 0 Å². The van der Waals surface area contributed by atoms with Gasteiger partial charge in [-0.1, -0.05) is 6.92 Å². The Morgan fingerprint density at radius 3 is 2.94 bits per heavy atom. The molecule has 0 amide bonds. The number of hydrogen-bond donors (Lipinski definition) is 0. The van der Waals surface area contributed by atoms with Crippen LogP contribution in [0.3, 0.4) is 0 Å². The zero-order valence-corrected chi connectivity index (χ0v) is 10.9. The van der Waals surface area contributed by atoms with Crippen molar-refractivity contribution in [2.75, 3.05) is 19.6 Å². The fourth-order valence-corrected chi connectivity index (χ4v) is 3.28. The van der Waals surface area contributed by atoms with Gasteiger partial charge in [0, 0.05) is 24.9 Å². The molecular weight excluding hydrogens is 212 g/mol. The monoisotopic (exact) mass is 234 g/mol. The molecule has 2 unspecified atom stereocenters. The predicted octanol–water partition coefficient (Wildman–Crippen LogP) is 1.98. The number of hydrogen-bond acceptors (Lipinski definition) is 3. The molecule has 4 nitrogen and oxygen atoms in total. The number of likely N-dealkylation sites (N-methyl/N-ethyl adjacent to an activating group) is 1. The summed E-state index contributed by atoms with van der Waals surface area (Å²) in [7, 11) is 0. The molecule has 0 aliphatic carbocycles. The van der Waals surface area contributed by atoms with Crippen LogP contribution in [0.5, 0.6) is 0 Å². The third-order valence-electron chi connectivity index (χ3n) is 4.34. The molecule has 0 radical (unpaired) electrons. The summed E-state index contributed by atoms with van der Waals surface area (Å²) in [6.45, 7) is 8.10. The van der Waals surface area contributed by atoms with Crippen LogP contribution < -0.4 is 0 Å². The van der Waals surface area contributed by atoms with Crippen molar-refractivity contribution in [2.45, 2.75) is 51.5 Å².